The minimum absolute atomic E-state index is 0.0522. The highest BCUT2D eigenvalue weighted by Crippen LogP contribution is 2.30. The van der Waals surface area contributed by atoms with E-state index in [-0.39, 0.29) is 5.91 Å². The van der Waals surface area contributed by atoms with E-state index in [1.165, 1.54) is 11.1 Å². The molecule has 0 aliphatic carbocycles. The highest BCUT2D eigenvalue weighted by molar-refractivity contribution is 5.93. The molecule has 1 aliphatic heterocycles. The molecule has 1 amide bonds. The first kappa shape index (κ1) is 25.6. The third kappa shape index (κ3) is 6.00. The van der Waals surface area contributed by atoms with E-state index in [0.29, 0.717) is 5.92 Å². The molecule has 3 heterocycles. The van der Waals surface area contributed by atoms with Gasteiger partial charge in [0, 0.05) is 56.3 Å². The zero-order chi connectivity index (χ0) is 25.7. The van der Waals surface area contributed by atoms with Crippen LogP contribution in [0.25, 0.3) is 17.3 Å². The molecule has 188 valence electrons. The number of nitrogens with one attached hydrogen (secondary N) is 1. The Labute approximate surface area is 215 Å². The molecule has 0 atom stereocenters. The lowest BCUT2D eigenvalue weighted by Crippen LogP contribution is -2.34. The van der Waals surface area contributed by atoms with Gasteiger partial charge in [0.05, 0.1) is 17.6 Å². The minimum Gasteiger partial charge on any atom is -0.387 e. The third-order valence-corrected chi connectivity index (χ3v) is 7.00. The lowest BCUT2D eigenvalue weighted by atomic mass is 9.88. The van der Waals surface area contributed by atoms with Crippen molar-refractivity contribution in [2.75, 3.05) is 46.1 Å². The van der Waals surface area contributed by atoms with E-state index in [1.807, 2.05) is 31.6 Å². The van der Waals surface area contributed by atoms with Crippen molar-refractivity contribution in [1.82, 2.24) is 19.8 Å². The van der Waals surface area contributed by atoms with Crippen LogP contribution in [0.2, 0.25) is 0 Å². The average Bonchev–Trinajstić information content (AvgIpc) is 2.90. The molecule has 1 saturated heterocycles. The highest BCUT2D eigenvalue weighted by Gasteiger charge is 2.21. The average molecular weight is 484 g/mol. The molecule has 0 bridgehead atoms. The fourth-order valence-corrected chi connectivity index (χ4v) is 4.91. The summed E-state index contributed by atoms with van der Waals surface area (Å²) in [5.41, 5.74) is 8.63. The van der Waals surface area contributed by atoms with Crippen molar-refractivity contribution in [3.8, 4) is 11.3 Å². The summed E-state index contributed by atoms with van der Waals surface area (Å²) in [4.78, 5) is 25.5. The van der Waals surface area contributed by atoms with Crippen LogP contribution in [0.5, 0.6) is 0 Å². The molecule has 36 heavy (non-hydrogen) atoms. The van der Waals surface area contributed by atoms with Gasteiger partial charge in [0.1, 0.15) is 0 Å². The second kappa shape index (κ2) is 11.5. The zero-order valence-electron chi connectivity index (χ0n) is 22.1. The summed E-state index contributed by atoms with van der Waals surface area (Å²) < 4.78 is 0. The molecule has 1 fully saturated rings. The molecule has 1 aliphatic rings. The number of hydrogen-bond donors (Lipinski definition) is 1. The number of pyridine rings is 2. The van der Waals surface area contributed by atoms with Crippen molar-refractivity contribution in [3.63, 3.8) is 0 Å². The topological polar surface area (TPSA) is 61.4 Å². The van der Waals surface area contributed by atoms with Crippen molar-refractivity contribution in [1.29, 1.82) is 0 Å². The number of benzene rings is 1. The van der Waals surface area contributed by atoms with Gasteiger partial charge < -0.3 is 10.2 Å². The Morgan fingerprint density at radius 3 is 2.42 bits per heavy atom. The first-order valence-corrected chi connectivity index (χ1v) is 12.7. The fourth-order valence-electron chi connectivity index (χ4n) is 4.91. The van der Waals surface area contributed by atoms with Crippen molar-refractivity contribution in [2.24, 2.45) is 0 Å². The van der Waals surface area contributed by atoms with Crippen LogP contribution in [0.3, 0.4) is 0 Å². The number of carbonyl (C=O) groups is 1. The Kier molecular flexibility index (Phi) is 8.16. The van der Waals surface area contributed by atoms with Gasteiger partial charge >= 0.3 is 0 Å². The van der Waals surface area contributed by atoms with Crippen molar-refractivity contribution < 1.29 is 4.79 Å². The number of amides is 1. The molecule has 1 N–H and O–H groups in total. The van der Waals surface area contributed by atoms with E-state index in [9.17, 15) is 4.79 Å². The first-order chi connectivity index (χ1) is 17.4. The molecule has 3 aromatic rings. The summed E-state index contributed by atoms with van der Waals surface area (Å²) in [6.07, 6.45) is 8.26. The summed E-state index contributed by atoms with van der Waals surface area (Å²) in [7, 11) is 5.48. The van der Waals surface area contributed by atoms with Crippen LogP contribution in [0.4, 0.5) is 5.69 Å². The quantitative estimate of drug-likeness (QED) is 0.482. The molecule has 6 nitrogen and oxygen atoms in total. The number of aromatic nitrogens is 2. The number of piperidine rings is 1. The second-order valence-electron chi connectivity index (χ2n) is 9.90. The van der Waals surface area contributed by atoms with Crippen LogP contribution in [0.15, 0.2) is 60.4 Å². The largest absolute Gasteiger partial charge is 0.387 e. The van der Waals surface area contributed by atoms with E-state index in [0.717, 1.165) is 66.2 Å². The molecule has 6 heteroatoms. The molecule has 2 aromatic heterocycles. The molecule has 0 unspecified atom stereocenters. The minimum atomic E-state index is 0.0522. The number of hydrogen-bond acceptors (Lipinski definition) is 5. The zero-order valence-corrected chi connectivity index (χ0v) is 22.1. The number of aryl methyl sites for hydroxylation is 1. The summed E-state index contributed by atoms with van der Waals surface area (Å²) >= 11 is 0. The number of anilines is 1. The van der Waals surface area contributed by atoms with Gasteiger partial charge in [-0.3, -0.25) is 19.7 Å². The summed E-state index contributed by atoms with van der Waals surface area (Å²) in [6, 6.07) is 14.4. The van der Waals surface area contributed by atoms with Gasteiger partial charge in [0.2, 0.25) is 0 Å². The number of likely N-dealkylation sites (tertiary alicyclic amines) is 1. The molecule has 0 radical (unpaired) electrons. The Hall–Kier alpha value is -3.51. The molecule has 4 rings (SSSR count). The maximum atomic E-state index is 12.2. The molecule has 1 aromatic carbocycles. The van der Waals surface area contributed by atoms with Gasteiger partial charge in [-0.15, -0.1) is 0 Å². The Morgan fingerprint density at radius 1 is 1.08 bits per heavy atom. The number of carbonyl (C=O) groups excluding carboxylic acids is 1. The Bertz CT molecular complexity index is 1210. The Balaban J connectivity index is 1.40. The van der Waals surface area contributed by atoms with Crippen LogP contribution >= 0.6 is 0 Å². The predicted molar refractivity (Wildman–Crippen MR) is 148 cm³/mol. The van der Waals surface area contributed by atoms with Crippen LogP contribution in [0.1, 0.15) is 52.9 Å². The monoisotopic (exact) mass is 483 g/mol. The highest BCUT2D eigenvalue weighted by atomic mass is 16.2. The van der Waals surface area contributed by atoms with E-state index in [4.69, 9.17) is 0 Å². The second-order valence-corrected chi connectivity index (χ2v) is 9.90. The predicted octanol–water partition coefficient (Wildman–Crippen LogP) is 5.48. The number of rotatable bonds is 7. The van der Waals surface area contributed by atoms with E-state index in [2.05, 4.69) is 70.4 Å². The van der Waals surface area contributed by atoms with E-state index >= 15 is 0 Å². The molecule has 0 saturated carbocycles. The van der Waals surface area contributed by atoms with E-state index in [1.54, 1.807) is 19.0 Å². The third-order valence-electron chi connectivity index (χ3n) is 7.00. The smallest absolute Gasteiger partial charge is 0.253 e. The van der Waals surface area contributed by atoms with E-state index < -0.39 is 0 Å². The standard InChI is InChI=1S/C30H37N5O/c1-21(18-28-22(2)32-15-12-27(28)29-11-10-26(31-3)19-33-29)20-35-16-13-24(14-17-35)23-6-8-25(9-7-23)30(36)34(4)5/h6-12,15,18-19,24,31H,13-14,16-17,20H2,1-5H3/b21-18+. The summed E-state index contributed by atoms with van der Waals surface area (Å²) in [5, 5.41) is 3.13. The van der Waals surface area contributed by atoms with Gasteiger partial charge in [-0.25, -0.2) is 0 Å². The lowest BCUT2D eigenvalue weighted by Gasteiger charge is -2.32. The summed E-state index contributed by atoms with van der Waals surface area (Å²) in [5.74, 6) is 0.601. The lowest BCUT2D eigenvalue weighted by molar-refractivity contribution is 0.0827. The van der Waals surface area contributed by atoms with Crippen LogP contribution in [0, 0.1) is 6.92 Å². The first-order valence-electron chi connectivity index (χ1n) is 12.7. The fraction of sp³-hybridized carbons (Fsp3) is 0.367. The molecule has 0 spiro atoms. The maximum Gasteiger partial charge on any atom is 0.253 e. The normalized spacial score (nSPS) is 15.1. The van der Waals surface area contributed by atoms with Crippen LogP contribution in [-0.4, -0.2) is 66.5 Å². The van der Waals surface area contributed by atoms with Gasteiger partial charge in [0.25, 0.3) is 5.91 Å². The van der Waals surface area contributed by atoms with Gasteiger partial charge in [-0.1, -0.05) is 23.8 Å². The molecular weight excluding hydrogens is 446 g/mol. The van der Waals surface area contributed by atoms with Gasteiger partial charge in [0.15, 0.2) is 0 Å². The van der Waals surface area contributed by atoms with Crippen LogP contribution in [-0.2, 0) is 0 Å². The Morgan fingerprint density at radius 2 is 1.81 bits per heavy atom. The van der Waals surface area contributed by atoms with Crippen molar-refractivity contribution >= 4 is 17.7 Å². The van der Waals surface area contributed by atoms with Gasteiger partial charge in [-0.2, -0.15) is 0 Å². The summed E-state index contributed by atoms with van der Waals surface area (Å²) in [6.45, 7) is 7.36. The SMILES string of the molecule is CNc1ccc(-c2ccnc(C)c2/C=C(\C)CN2CCC(c3ccc(C(=O)N(C)C)cc3)CC2)nc1. The molecular formula is C30H37N5O. The number of nitrogens with zero attached hydrogens (tertiary/aromatic N) is 4. The van der Waals surface area contributed by atoms with Crippen molar-refractivity contribution in [2.45, 2.75) is 32.6 Å². The van der Waals surface area contributed by atoms with Crippen LogP contribution < -0.4 is 5.32 Å². The maximum absolute atomic E-state index is 12.2. The van der Waals surface area contributed by atoms with Crippen molar-refractivity contribution in [3.05, 3.63) is 82.8 Å². The van der Waals surface area contributed by atoms with Gasteiger partial charge in [-0.05, 0) is 81.6 Å².